The minimum absolute atomic E-state index is 0.191. The zero-order valence-corrected chi connectivity index (χ0v) is 9.03. The lowest BCUT2D eigenvalue weighted by molar-refractivity contribution is -0.116. The molecule has 0 amide bonds. The fraction of sp³-hybridized carbons (Fsp3) is 0.308. The molecule has 0 saturated carbocycles. The van der Waals surface area contributed by atoms with E-state index in [1.165, 1.54) is 0 Å². The fourth-order valence-electron chi connectivity index (χ4n) is 1.13. The van der Waals surface area contributed by atoms with Gasteiger partial charge in [0.2, 0.25) is 0 Å². The summed E-state index contributed by atoms with van der Waals surface area (Å²) in [6.45, 7) is 5.94. The molecule has 0 aromatic heterocycles. The standard InChI is InChI=1S/C13H16O2/c1-11(8-9-12(2)14)10-15-13-6-4-3-5-7-13/h3-7H,1,8-10H2,2H3. The second kappa shape index (κ2) is 6.02. The van der Waals surface area contributed by atoms with Gasteiger partial charge in [-0.15, -0.1) is 0 Å². The van der Waals surface area contributed by atoms with Gasteiger partial charge in [0.25, 0.3) is 0 Å². The van der Waals surface area contributed by atoms with Crippen LogP contribution in [-0.2, 0) is 4.79 Å². The molecule has 0 radical (unpaired) electrons. The molecule has 1 aromatic rings. The van der Waals surface area contributed by atoms with Crippen LogP contribution in [0.1, 0.15) is 19.8 Å². The number of hydrogen-bond acceptors (Lipinski definition) is 2. The molecule has 1 rings (SSSR count). The molecule has 0 spiro atoms. The molecule has 0 atom stereocenters. The highest BCUT2D eigenvalue weighted by molar-refractivity contribution is 5.75. The SMILES string of the molecule is C=C(CCC(C)=O)COc1ccccc1. The molecular formula is C13H16O2. The summed E-state index contributed by atoms with van der Waals surface area (Å²) in [4.78, 5) is 10.7. The van der Waals surface area contributed by atoms with Gasteiger partial charge in [0.15, 0.2) is 0 Å². The van der Waals surface area contributed by atoms with Crippen LogP contribution in [0, 0.1) is 0 Å². The van der Waals surface area contributed by atoms with Crippen molar-refractivity contribution in [1.29, 1.82) is 0 Å². The number of carbonyl (C=O) groups excluding carboxylic acids is 1. The predicted molar refractivity (Wildman–Crippen MR) is 61.0 cm³/mol. The van der Waals surface area contributed by atoms with Crippen molar-refractivity contribution < 1.29 is 9.53 Å². The van der Waals surface area contributed by atoms with E-state index in [9.17, 15) is 4.79 Å². The zero-order valence-electron chi connectivity index (χ0n) is 9.03. The monoisotopic (exact) mass is 204 g/mol. The van der Waals surface area contributed by atoms with Crippen LogP contribution in [-0.4, -0.2) is 12.4 Å². The first-order valence-electron chi connectivity index (χ1n) is 5.02. The Bertz CT molecular complexity index is 328. The Labute approximate surface area is 90.6 Å². The number of carbonyl (C=O) groups is 1. The molecule has 0 aliphatic heterocycles. The zero-order chi connectivity index (χ0) is 11.1. The van der Waals surface area contributed by atoms with Crippen molar-refractivity contribution in [1.82, 2.24) is 0 Å². The van der Waals surface area contributed by atoms with Crippen LogP contribution in [0.2, 0.25) is 0 Å². The van der Waals surface area contributed by atoms with Crippen LogP contribution in [0.25, 0.3) is 0 Å². The van der Waals surface area contributed by atoms with Gasteiger partial charge in [-0.1, -0.05) is 24.8 Å². The predicted octanol–water partition coefficient (Wildman–Crippen LogP) is 2.99. The molecule has 0 N–H and O–H groups in total. The smallest absolute Gasteiger partial charge is 0.130 e. The largest absolute Gasteiger partial charge is 0.489 e. The Kier molecular flexibility index (Phi) is 4.61. The number of para-hydroxylation sites is 1. The van der Waals surface area contributed by atoms with Crippen LogP contribution < -0.4 is 4.74 Å². The van der Waals surface area contributed by atoms with E-state index in [1.807, 2.05) is 30.3 Å². The second-order valence-corrected chi connectivity index (χ2v) is 3.55. The highest BCUT2D eigenvalue weighted by atomic mass is 16.5. The molecule has 0 fully saturated rings. The number of Topliss-reactive ketones (excluding diaryl/α,β-unsaturated/α-hetero) is 1. The van der Waals surface area contributed by atoms with Crippen molar-refractivity contribution in [2.75, 3.05) is 6.61 Å². The van der Waals surface area contributed by atoms with Crippen molar-refractivity contribution in [2.45, 2.75) is 19.8 Å². The summed E-state index contributed by atoms with van der Waals surface area (Å²) in [5.74, 6) is 1.03. The van der Waals surface area contributed by atoms with Gasteiger partial charge in [-0.05, 0) is 31.1 Å². The summed E-state index contributed by atoms with van der Waals surface area (Å²) < 4.78 is 5.49. The molecule has 0 aliphatic carbocycles. The van der Waals surface area contributed by atoms with E-state index < -0.39 is 0 Å². The molecule has 0 aliphatic rings. The number of hydrogen-bond donors (Lipinski definition) is 0. The van der Waals surface area contributed by atoms with Gasteiger partial charge in [0, 0.05) is 6.42 Å². The van der Waals surface area contributed by atoms with Crippen LogP contribution >= 0.6 is 0 Å². The topological polar surface area (TPSA) is 26.3 Å². The number of ketones is 1. The average molecular weight is 204 g/mol. The number of benzene rings is 1. The fourth-order valence-corrected chi connectivity index (χ4v) is 1.13. The summed E-state index contributed by atoms with van der Waals surface area (Å²) in [5, 5.41) is 0. The summed E-state index contributed by atoms with van der Waals surface area (Å²) in [6.07, 6.45) is 1.26. The Hall–Kier alpha value is -1.57. The van der Waals surface area contributed by atoms with E-state index in [4.69, 9.17) is 4.74 Å². The number of ether oxygens (including phenoxy) is 1. The maximum Gasteiger partial charge on any atom is 0.130 e. The highest BCUT2D eigenvalue weighted by Crippen LogP contribution is 2.11. The van der Waals surface area contributed by atoms with Gasteiger partial charge in [0.1, 0.15) is 18.1 Å². The van der Waals surface area contributed by atoms with Crippen molar-refractivity contribution in [3.8, 4) is 5.75 Å². The molecule has 0 saturated heterocycles. The van der Waals surface area contributed by atoms with Crippen LogP contribution in [0.3, 0.4) is 0 Å². The molecule has 2 nitrogen and oxygen atoms in total. The molecule has 15 heavy (non-hydrogen) atoms. The summed E-state index contributed by atoms with van der Waals surface area (Å²) >= 11 is 0. The quantitative estimate of drug-likeness (QED) is 0.666. The first-order chi connectivity index (χ1) is 7.18. The Morgan fingerprint density at radius 2 is 1.93 bits per heavy atom. The average Bonchev–Trinajstić information content (AvgIpc) is 2.25. The first kappa shape index (κ1) is 11.5. The first-order valence-corrected chi connectivity index (χ1v) is 5.02. The van der Waals surface area contributed by atoms with Gasteiger partial charge >= 0.3 is 0 Å². The Balaban J connectivity index is 2.26. The Morgan fingerprint density at radius 3 is 2.53 bits per heavy atom. The van der Waals surface area contributed by atoms with Crippen LogP contribution in [0.5, 0.6) is 5.75 Å². The van der Waals surface area contributed by atoms with Crippen LogP contribution in [0.15, 0.2) is 42.5 Å². The summed E-state index contributed by atoms with van der Waals surface area (Å²) in [5.41, 5.74) is 0.953. The number of rotatable bonds is 6. The van der Waals surface area contributed by atoms with Crippen molar-refractivity contribution >= 4 is 5.78 Å². The third-order valence-corrected chi connectivity index (χ3v) is 2.02. The van der Waals surface area contributed by atoms with E-state index >= 15 is 0 Å². The van der Waals surface area contributed by atoms with Gasteiger partial charge in [0.05, 0.1) is 0 Å². The second-order valence-electron chi connectivity index (χ2n) is 3.55. The van der Waals surface area contributed by atoms with E-state index in [0.29, 0.717) is 19.4 Å². The molecule has 0 heterocycles. The maximum atomic E-state index is 10.7. The van der Waals surface area contributed by atoms with E-state index in [0.717, 1.165) is 11.3 Å². The summed E-state index contributed by atoms with van der Waals surface area (Å²) in [7, 11) is 0. The summed E-state index contributed by atoms with van der Waals surface area (Å²) in [6, 6.07) is 9.59. The lowest BCUT2D eigenvalue weighted by atomic mass is 10.1. The van der Waals surface area contributed by atoms with Gasteiger partial charge < -0.3 is 9.53 Å². The lowest BCUT2D eigenvalue weighted by Crippen LogP contribution is -2.02. The third kappa shape index (κ3) is 5.01. The van der Waals surface area contributed by atoms with E-state index in [1.54, 1.807) is 6.92 Å². The van der Waals surface area contributed by atoms with E-state index in [-0.39, 0.29) is 5.78 Å². The van der Waals surface area contributed by atoms with Gasteiger partial charge in [-0.25, -0.2) is 0 Å². The minimum atomic E-state index is 0.191. The molecule has 80 valence electrons. The minimum Gasteiger partial charge on any atom is -0.489 e. The molecule has 0 bridgehead atoms. The maximum absolute atomic E-state index is 10.7. The van der Waals surface area contributed by atoms with Gasteiger partial charge in [-0.3, -0.25) is 0 Å². The van der Waals surface area contributed by atoms with Gasteiger partial charge in [-0.2, -0.15) is 0 Å². The third-order valence-electron chi connectivity index (χ3n) is 2.02. The van der Waals surface area contributed by atoms with E-state index in [2.05, 4.69) is 6.58 Å². The van der Waals surface area contributed by atoms with Crippen molar-refractivity contribution in [3.63, 3.8) is 0 Å². The van der Waals surface area contributed by atoms with Crippen molar-refractivity contribution in [3.05, 3.63) is 42.5 Å². The normalized spacial score (nSPS) is 9.67. The molecule has 0 unspecified atom stereocenters. The van der Waals surface area contributed by atoms with Crippen LogP contribution in [0.4, 0.5) is 0 Å². The highest BCUT2D eigenvalue weighted by Gasteiger charge is 1.99. The lowest BCUT2D eigenvalue weighted by Gasteiger charge is -2.07. The molecule has 2 heteroatoms. The molecule has 1 aromatic carbocycles. The molecular weight excluding hydrogens is 188 g/mol. The van der Waals surface area contributed by atoms with Crippen molar-refractivity contribution in [2.24, 2.45) is 0 Å². The Morgan fingerprint density at radius 1 is 1.27 bits per heavy atom.